The first-order valence-corrected chi connectivity index (χ1v) is 31.4. The molecule has 1 heterocycles. The SMILES string of the molecule is CCCCCCCCCCCN(CCCn1cnc(C)c1)C(CCCCCC(=O)OCC(CCCCCC)CCCCCCCC)CCCCCC(=O)OCC(CCCCCC)CCCCCCCC. The van der Waals surface area contributed by atoms with Gasteiger partial charge < -0.3 is 18.9 Å². The molecule has 0 saturated heterocycles. The molecule has 0 aliphatic carbocycles. The maximum Gasteiger partial charge on any atom is 0.305 e. The summed E-state index contributed by atoms with van der Waals surface area (Å²) in [7, 11) is 0. The number of aromatic nitrogens is 2. The van der Waals surface area contributed by atoms with Crippen LogP contribution in [0.1, 0.15) is 323 Å². The number of unbranched alkanes of at least 4 members (excludes halogenated alkanes) is 28. The maximum atomic E-state index is 13.1. The molecule has 0 radical (unpaired) electrons. The van der Waals surface area contributed by atoms with E-state index in [0.717, 1.165) is 63.7 Å². The fourth-order valence-electron chi connectivity index (χ4n) is 10.6. The van der Waals surface area contributed by atoms with Gasteiger partial charge in [0, 0.05) is 38.2 Å². The number of hydrogen-bond acceptors (Lipinski definition) is 6. The van der Waals surface area contributed by atoms with Crippen molar-refractivity contribution in [2.45, 2.75) is 337 Å². The van der Waals surface area contributed by atoms with E-state index in [2.05, 4.69) is 62.2 Å². The van der Waals surface area contributed by atoms with Gasteiger partial charge in [0.2, 0.25) is 0 Å². The number of hydrogen-bond donors (Lipinski definition) is 0. The number of aryl methyl sites for hydroxylation is 2. The van der Waals surface area contributed by atoms with Crippen molar-refractivity contribution in [1.82, 2.24) is 14.5 Å². The molecule has 0 bridgehead atoms. The van der Waals surface area contributed by atoms with Crippen molar-refractivity contribution in [3.8, 4) is 0 Å². The molecule has 2 atom stereocenters. The van der Waals surface area contributed by atoms with Crippen LogP contribution in [0.5, 0.6) is 0 Å². The Labute approximate surface area is 436 Å². The van der Waals surface area contributed by atoms with Crippen LogP contribution in [0.2, 0.25) is 0 Å². The third kappa shape index (κ3) is 41.6. The van der Waals surface area contributed by atoms with E-state index in [1.807, 2.05) is 6.33 Å². The van der Waals surface area contributed by atoms with Crippen LogP contribution in [0.3, 0.4) is 0 Å². The van der Waals surface area contributed by atoms with Crippen LogP contribution in [0.15, 0.2) is 12.5 Å². The molecule has 70 heavy (non-hydrogen) atoms. The minimum atomic E-state index is 0.0126. The van der Waals surface area contributed by atoms with Crippen molar-refractivity contribution in [2.75, 3.05) is 26.3 Å². The zero-order chi connectivity index (χ0) is 50.8. The molecule has 1 aromatic heterocycles. The number of carbonyl (C=O) groups is 2. The van der Waals surface area contributed by atoms with E-state index < -0.39 is 0 Å². The van der Waals surface area contributed by atoms with Gasteiger partial charge in [-0.1, -0.05) is 240 Å². The van der Waals surface area contributed by atoms with Crippen molar-refractivity contribution < 1.29 is 19.1 Å². The van der Waals surface area contributed by atoms with E-state index in [1.165, 1.54) is 231 Å². The first-order chi connectivity index (χ1) is 34.4. The molecule has 1 rings (SSSR count). The molecule has 412 valence electrons. The molecular formula is C63H121N3O4. The molecular weight excluding hydrogens is 863 g/mol. The quantitative estimate of drug-likeness (QED) is 0.0478. The Morgan fingerprint density at radius 2 is 0.771 bits per heavy atom. The standard InChI is InChI=1S/C63H121N3O4/c1-7-12-17-22-25-26-27-30-41-52-66(53-42-51-65-54-58(6)64-57-65)61(47-37-31-39-49-62(67)69-55-59(43-33-20-15-10-4)45-35-28-23-18-13-8-2)48-38-32-40-50-63(68)70-56-60(44-34-21-16-11-5)46-36-29-24-19-14-9-3/h54,57,59-61H,7-53,55-56H2,1-6H3. The lowest BCUT2D eigenvalue weighted by molar-refractivity contribution is -0.146. The summed E-state index contributed by atoms with van der Waals surface area (Å²) in [4.78, 5) is 33.5. The highest BCUT2D eigenvalue weighted by Crippen LogP contribution is 2.24. The summed E-state index contributed by atoms with van der Waals surface area (Å²) >= 11 is 0. The molecule has 2 unspecified atom stereocenters. The Morgan fingerprint density at radius 3 is 1.16 bits per heavy atom. The molecule has 0 spiro atoms. The topological polar surface area (TPSA) is 73.7 Å². The van der Waals surface area contributed by atoms with Crippen LogP contribution in [0.4, 0.5) is 0 Å². The van der Waals surface area contributed by atoms with Crippen LogP contribution in [-0.4, -0.2) is 58.7 Å². The van der Waals surface area contributed by atoms with Gasteiger partial charge in [-0.3, -0.25) is 9.59 Å². The van der Waals surface area contributed by atoms with Crippen LogP contribution in [0.25, 0.3) is 0 Å². The summed E-state index contributed by atoms with van der Waals surface area (Å²) < 4.78 is 14.2. The number of esters is 2. The van der Waals surface area contributed by atoms with E-state index in [9.17, 15) is 9.59 Å². The van der Waals surface area contributed by atoms with Crippen LogP contribution < -0.4 is 0 Å². The van der Waals surface area contributed by atoms with Crippen molar-refractivity contribution in [3.63, 3.8) is 0 Å². The highest BCUT2D eigenvalue weighted by molar-refractivity contribution is 5.69. The normalized spacial score (nSPS) is 13.0. The number of nitrogens with zero attached hydrogens (tertiary/aromatic N) is 3. The lowest BCUT2D eigenvalue weighted by atomic mass is 9.95. The first-order valence-electron chi connectivity index (χ1n) is 31.4. The lowest BCUT2D eigenvalue weighted by Gasteiger charge is -2.32. The predicted molar refractivity (Wildman–Crippen MR) is 303 cm³/mol. The highest BCUT2D eigenvalue weighted by Gasteiger charge is 2.19. The summed E-state index contributed by atoms with van der Waals surface area (Å²) in [5, 5.41) is 0. The Morgan fingerprint density at radius 1 is 0.443 bits per heavy atom. The number of rotatable bonds is 55. The fourth-order valence-corrected chi connectivity index (χ4v) is 10.6. The third-order valence-corrected chi connectivity index (χ3v) is 15.3. The predicted octanol–water partition coefficient (Wildman–Crippen LogP) is 19.4. The zero-order valence-corrected chi connectivity index (χ0v) is 48.0. The second-order valence-corrected chi connectivity index (χ2v) is 22.2. The monoisotopic (exact) mass is 984 g/mol. The van der Waals surface area contributed by atoms with Gasteiger partial charge in [0.1, 0.15) is 0 Å². The minimum absolute atomic E-state index is 0.0126. The van der Waals surface area contributed by atoms with Gasteiger partial charge in [0.25, 0.3) is 0 Å². The largest absolute Gasteiger partial charge is 0.465 e. The van der Waals surface area contributed by atoms with E-state index in [1.54, 1.807) is 0 Å². The Balaban J connectivity index is 2.82. The van der Waals surface area contributed by atoms with Crippen molar-refractivity contribution in [2.24, 2.45) is 11.8 Å². The van der Waals surface area contributed by atoms with Crippen LogP contribution in [-0.2, 0) is 25.6 Å². The van der Waals surface area contributed by atoms with Gasteiger partial charge in [0.15, 0.2) is 0 Å². The van der Waals surface area contributed by atoms with E-state index in [4.69, 9.17) is 9.47 Å². The van der Waals surface area contributed by atoms with Gasteiger partial charge in [-0.25, -0.2) is 4.98 Å². The van der Waals surface area contributed by atoms with Crippen LogP contribution >= 0.6 is 0 Å². The summed E-state index contributed by atoms with van der Waals surface area (Å²) in [5.41, 5.74) is 1.09. The van der Waals surface area contributed by atoms with E-state index in [-0.39, 0.29) is 11.9 Å². The summed E-state index contributed by atoms with van der Waals surface area (Å²) in [6.07, 6.45) is 58.1. The smallest absolute Gasteiger partial charge is 0.305 e. The van der Waals surface area contributed by atoms with E-state index >= 15 is 0 Å². The highest BCUT2D eigenvalue weighted by atomic mass is 16.5. The maximum absolute atomic E-state index is 13.1. The second kappa shape index (κ2) is 50.6. The number of imidazole rings is 1. The Bertz CT molecular complexity index is 1190. The van der Waals surface area contributed by atoms with Gasteiger partial charge in [-0.2, -0.15) is 0 Å². The van der Waals surface area contributed by atoms with Gasteiger partial charge in [-0.05, 0) is 89.5 Å². The van der Waals surface area contributed by atoms with Gasteiger partial charge in [0.05, 0.1) is 25.2 Å². The molecule has 0 fully saturated rings. The molecule has 0 amide bonds. The average molecular weight is 985 g/mol. The fraction of sp³-hybridized carbons (Fsp3) is 0.921. The average Bonchev–Trinajstić information content (AvgIpc) is 3.78. The molecule has 7 nitrogen and oxygen atoms in total. The molecule has 0 aliphatic rings. The third-order valence-electron chi connectivity index (χ3n) is 15.3. The lowest BCUT2D eigenvalue weighted by Crippen LogP contribution is -2.37. The molecule has 0 saturated carbocycles. The summed E-state index contributed by atoms with van der Waals surface area (Å²) in [6, 6.07) is 0.531. The van der Waals surface area contributed by atoms with Gasteiger partial charge in [-0.15, -0.1) is 0 Å². The number of carbonyl (C=O) groups excluding carboxylic acids is 2. The van der Waals surface area contributed by atoms with Gasteiger partial charge >= 0.3 is 11.9 Å². The van der Waals surface area contributed by atoms with Crippen LogP contribution in [0, 0.1) is 18.8 Å². The number of ether oxygens (including phenoxy) is 2. The van der Waals surface area contributed by atoms with Crippen molar-refractivity contribution in [1.29, 1.82) is 0 Å². The molecule has 0 N–H and O–H groups in total. The summed E-state index contributed by atoms with van der Waals surface area (Å²) in [5.74, 6) is 1.06. The first kappa shape index (κ1) is 66.1. The Kier molecular flexibility index (Phi) is 47.8. The minimum Gasteiger partial charge on any atom is -0.465 e. The molecule has 7 heteroatoms. The second-order valence-electron chi connectivity index (χ2n) is 22.2. The van der Waals surface area contributed by atoms with Crippen molar-refractivity contribution >= 4 is 11.9 Å². The van der Waals surface area contributed by atoms with Crippen molar-refractivity contribution in [3.05, 3.63) is 18.2 Å². The molecule has 0 aromatic carbocycles. The van der Waals surface area contributed by atoms with E-state index in [0.29, 0.717) is 43.9 Å². The Hall–Kier alpha value is -1.89. The zero-order valence-electron chi connectivity index (χ0n) is 48.0. The molecule has 1 aromatic rings. The summed E-state index contributed by atoms with van der Waals surface area (Å²) in [6.45, 7) is 18.0. The molecule has 0 aliphatic heterocycles.